The molecule has 96 valence electrons. The van der Waals surface area contributed by atoms with E-state index in [-0.39, 0.29) is 17.6 Å². The highest BCUT2D eigenvalue weighted by Gasteiger charge is 2.23. The third-order valence-corrected chi connectivity index (χ3v) is 2.34. The molecule has 0 saturated carbocycles. The van der Waals surface area contributed by atoms with Crippen LogP contribution in [0.3, 0.4) is 0 Å². The van der Waals surface area contributed by atoms with E-state index in [9.17, 15) is 18.0 Å². The first-order valence-electron chi connectivity index (χ1n) is 5.17. The van der Waals surface area contributed by atoms with Gasteiger partial charge in [-0.05, 0) is 6.92 Å². The Labute approximate surface area is 100.0 Å². The number of ether oxygens (including phenoxy) is 1. The van der Waals surface area contributed by atoms with Gasteiger partial charge in [0.25, 0.3) is 6.30 Å². The average molecular weight is 258 g/mol. The number of alkyl halides is 1. The smallest absolute Gasteiger partial charge is 0.362 e. The molecule has 1 unspecified atom stereocenters. The zero-order chi connectivity index (χ0) is 13.3. The maximum atomic E-state index is 13.7. The Bertz CT molecular complexity index is 597. The SMILES string of the molecule is CCOC(=O)C(F)n1cnc2cc(F)c(F)cc21. The van der Waals surface area contributed by atoms with Gasteiger partial charge >= 0.3 is 5.97 Å². The first kappa shape index (κ1) is 12.4. The lowest BCUT2D eigenvalue weighted by molar-refractivity contribution is -0.152. The van der Waals surface area contributed by atoms with Crippen LogP contribution in [0.2, 0.25) is 0 Å². The number of rotatable bonds is 3. The minimum atomic E-state index is -2.14. The third-order valence-electron chi connectivity index (χ3n) is 2.34. The van der Waals surface area contributed by atoms with Gasteiger partial charge in [0.15, 0.2) is 11.6 Å². The fourth-order valence-corrected chi connectivity index (χ4v) is 1.53. The number of fused-ring (bicyclic) bond motifs is 1. The van der Waals surface area contributed by atoms with Crippen molar-refractivity contribution in [2.24, 2.45) is 0 Å². The normalized spacial score (nSPS) is 12.7. The van der Waals surface area contributed by atoms with E-state index in [4.69, 9.17) is 0 Å². The highest BCUT2D eigenvalue weighted by Crippen LogP contribution is 2.22. The first-order valence-corrected chi connectivity index (χ1v) is 5.17. The second-order valence-electron chi connectivity index (χ2n) is 3.49. The van der Waals surface area contributed by atoms with Crippen LogP contribution in [0.5, 0.6) is 0 Å². The number of carbonyl (C=O) groups is 1. The zero-order valence-electron chi connectivity index (χ0n) is 9.36. The molecule has 0 amide bonds. The van der Waals surface area contributed by atoms with Gasteiger partial charge in [0, 0.05) is 12.1 Å². The fraction of sp³-hybridized carbons (Fsp3) is 0.273. The van der Waals surface area contributed by atoms with E-state index in [1.54, 1.807) is 0 Å². The molecule has 2 rings (SSSR count). The standard InChI is InChI=1S/C11H9F3N2O2/c1-2-18-11(17)10(14)16-5-15-8-3-6(12)7(13)4-9(8)16/h3-5,10H,2H2,1H3. The van der Waals surface area contributed by atoms with E-state index < -0.39 is 23.9 Å². The monoisotopic (exact) mass is 258 g/mol. The molecular formula is C11H9F3N2O2. The Morgan fingerprint density at radius 2 is 2.11 bits per heavy atom. The van der Waals surface area contributed by atoms with Crippen molar-refractivity contribution in [3.05, 3.63) is 30.1 Å². The molecule has 0 aliphatic carbocycles. The lowest BCUT2D eigenvalue weighted by Crippen LogP contribution is -2.17. The molecule has 1 atom stereocenters. The lowest BCUT2D eigenvalue weighted by atomic mass is 10.3. The maximum Gasteiger partial charge on any atom is 0.362 e. The molecule has 0 fully saturated rings. The number of hydrogen-bond donors (Lipinski definition) is 0. The topological polar surface area (TPSA) is 44.1 Å². The summed E-state index contributed by atoms with van der Waals surface area (Å²) in [6.45, 7) is 1.56. The van der Waals surface area contributed by atoms with Crippen molar-refractivity contribution < 1.29 is 22.7 Å². The molecule has 0 bridgehead atoms. The summed E-state index contributed by atoms with van der Waals surface area (Å²) in [5, 5.41) is 0. The van der Waals surface area contributed by atoms with E-state index >= 15 is 0 Å². The van der Waals surface area contributed by atoms with Crippen LogP contribution < -0.4 is 0 Å². The number of imidazole rings is 1. The number of esters is 1. The summed E-state index contributed by atoms with van der Waals surface area (Å²) in [6, 6.07) is 1.61. The first-order chi connectivity index (χ1) is 8.54. The minimum Gasteiger partial charge on any atom is -0.462 e. The van der Waals surface area contributed by atoms with Gasteiger partial charge in [-0.15, -0.1) is 0 Å². The predicted molar refractivity (Wildman–Crippen MR) is 56.4 cm³/mol. The Kier molecular flexibility index (Phi) is 3.22. The predicted octanol–water partition coefficient (Wildman–Crippen LogP) is 2.35. The van der Waals surface area contributed by atoms with Gasteiger partial charge in [-0.2, -0.15) is 0 Å². The molecule has 0 saturated heterocycles. The second-order valence-corrected chi connectivity index (χ2v) is 3.49. The van der Waals surface area contributed by atoms with Crippen molar-refractivity contribution in [1.82, 2.24) is 9.55 Å². The van der Waals surface area contributed by atoms with Crippen LogP contribution in [0.25, 0.3) is 11.0 Å². The van der Waals surface area contributed by atoms with Crippen LogP contribution in [-0.4, -0.2) is 22.1 Å². The van der Waals surface area contributed by atoms with Crippen molar-refractivity contribution in [1.29, 1.82) is 0 Å². The molecule has 0 aliphatic heterocycles. The summed E-state index contributed by atoms with van der Waals surface area (Å²) in [5.74, 6) is -3.33. The van der Waals surface area contributed by atoms with Crippen molar-refractivity contribution in [2.75, 3.05) is 6.61 Å². The van der Waals surface area contributed by atoms with Crippen LogP contribution in [0.15, 0.2) is 18.5 Å². The Hall–Kier alpha value is -2.05. The minimum absolute atomic E-state index is 0.0190. The van der Waals surface area contributed by atoms with E-state index in [1.807, 2.05) is 0 Å². The van der Waals surface area contributed by atoms with Crippen molar-refractivity contribution in [3.63, 3.8) is 0 Å². The molecule has 2 aromatic rings. The number of carbonyl (C=O) groups excluding carboxylic acids is 1. The van der Waals surface area contributed by atoms with Gasteiger partial charge in [0.2, 0.25) is 0 Å². The average Bonchev–Trinajstić information content (AvgIpc) is 2.72. The molecule has 4 nitrogen and oxygen atoms in total. The summed E-state index contributed by atoms with van der Waals surface area (Å²) in [4.78, 5) is 14.9. The quantitative estimate of drug-likeness (QED) is 0.794. The molecule has 0 radical (unpaired) electrons. The van der Waals surface area contributed by atoms with Crippen molar-refractivity contribution >= 4 is 17.0 Å². The van der Waals surface area contributed by atoms with Gasteiger partial charge < -0.3 is 4.74 Å². The molecule has 0 spiro atoms. The van der Waals surface area contributed by atoms with Crippen molar-refractivity contribution in [3.8, 4) is 0 Å². The summed E-state index contributed by atoms with van der Waals surface area (Å²) >= 11 is 0. The molecule has 18 heavy (non-hydrogen) atoms. The van der Waals surface area contributed by atoms with Gasteiger partial charge in [0.1, 0.15) is 0 Å². The molecule has 0 N–H and O–H groups in total. The van der Waals surface area contributed by atoms with Crippen LogP contribution >= 0.6 is 0 Å². The van der Waals surface area contributed by atoms with Gasteiger partial charge in [-0.25, -0.2) is 22.9 Å². The van der Waals surface area contributed by atoms with Crippen LogP contribution in [0.1, 0.15) is 13.2 Å². The number of halogens is 3. The third kappa shape index (κ3) is 2.03. The van der Waals surface area contributed by atoms with Crippen LogP contribution in [-0.2, 0) is 9.53 Å². The maximum absolute atomic E-state index is 13.7. The summed E-state index contributed by atoms with van der Waals surface area (Å²) in [7, 11) is 0. The fourth-order valence-electron chi connectivity index (χ4n) is 1.53. The molecule has 1 heterocycles. The van der Waals surface area contributed by atoms with E-state index in [1.165, 1.54) is 6.92 Å². The van der Waals surface area contributed by atoms with Crippen LogP contribution in [0.4, 0.5) is 13.2 Å². The molecule has 0 aliphatic rings. The lowest BCUT2D eigenvalue weighted by Gasteiger charge is -2.09. The Morgan fingerprint density at radius 1 is 1.44 bits per heavy atom. The number of aromatic nitrogens is 2. The molecule has 7 heteroatoms. The zero-order valence-corrected chi connectivity index (χ0v) is 9.36. The summed E-state index contributed by atoms with van der Waals surface area (Å²) in [6.07, 6.45) is -1.15. The second kappa shape index (κ2) is 4.67. The van der Waals surface area contributed by atoms with Crippen LogP contribution in [0, 0.1) is 11.6 Å². The number of nitrogens with zero attached hydrogens (tertiary/aromatic N) is 2. The molecular weight excluding hydrogens is 249 g/mol. The largest absolute Gasteiger partial charge is 0.462 e. The summed E-state index contributed by atoms with van der Waals surface area (Å²) in [5.41, 5.74) is 0.0373. The highest BCUT2D eigenvalue weighted by molar-refractivity contribution is 5.79. The van der Waals surface area contributed by atoms with Gasteiger partial charge in [-0.1, -0.05) is 0 Å². The van der Waals surface area contributed by atoms with Crippen molar-refractivity contribution in [2.45, 2.75) is 13.2 Å². The van der Waals surface area contributed by atoms with E-state index in [2.05, 4.69) is 9.72 Å². The highest BCUT2D eigenvalue weighted by atomic mass is 19.2. The Balaban J connectivity index is 2.46. The number of benzene rings is 1. The Morgan fingerprint density at radius 3 is 2.78 bits per heavy atom. The molecule has 1 aromatic heterocycles. The molecule has 1 aromatic carbocycles. The van der Waals surface area contributed by atoms with E-state index in [0.29, 0.717) is 0 Å². The van der Waals surface area contributed by atoms with Gasteiger partial charge in [0.05, 0.1) is 24.0 Å². The number of hydrogen-bond acceptors (Lipinski definition) is 3. The van der Waals surface area contributed by atoms with Gasteiger partial charge in [-0.3, -0.25) is 4.57 Å². The van der Waals surface area contributed by atoms with E-state index in [0.717, 1.165) is 23.0 Å². The summed E-state index contributed by atoms with van der Waals surface area (Å²) < 4.78 is 45.0.